The predicted octanol–water partition coefficient (Wildman–Crippen LogP) is 5.70. The molecule has 3 aromatic rings. The number of rotatable bonds is 15. The summed E-state index contributed by atoms with van der Waals surface area (Å²) in [7, 11) is 4.55. The van der Waals surface area contributed by atoms with Crippen molar-refractivity contribution in [1.29, 1.82) is 0 Å². The minimum absolute atomic E-state index is 0.0866. The Labute approximate surface area is 227 Å². The minimum atomic E-state index is -0.148. The third-order valence-electron chi connectivity index (χ3n) is 5.51. The maximum atomic E-state index is 9.24. The largest absolute Gasteiger partial charge is 0.494 e. The minimum Gasteiger partial charge on any atom is -0.494 e. The van der Waals surface area contributed by atoms with E-state index in [1.165, 1.54) is 21.3 Å². The molecule has 0 aliphatic heterocycles. The molecule has 0 spiro atoms. The van der Waals surface area contributed by atoms with Gasteiger partial charge < -0.3 is 29.3 Å². The van der Waals surface area contributed by atoms with Crippen LogP contribution in [-0.4, -0.2) is 64.5 Å². The molecule has 0 fully saturated rings. The maximum Gasteiger partial charge on any atom is 0.149 e. The van der Waals surface area contributed by atoms with Crippen LogP contribution < -0.4 is 24.6 Å². The summed E-state index contributed by atoms with van der Waals surface area (Å²) < 4.78 is 16.6. The Morgan fingerprint density at radius 2 is 1.38 bits per heavy atom. The highest BCUT2D eigenvalue weighted by atomic mass is 16.6. The molecule has 12 heteroatoms. The number of nitrogens with zero attached hydrogens (tertiary/aromatic N) is 5. The molecular weight excluding hydrogens is 504 g/mol. The number of aliphatic hydroxyl groups excluding tert-OH is 2. The number of anilines is 2. The fourth-order valence-corrected chi connectivity index (χ4v) is 3.61. The molecule has 0 heterocycles. The smallest absolute Gasteiger partial charge is 0.149 e. The van der Waals surface area contributed by atoms with E-state index in [2.05, 4.69) is 30.8 Å². The van der Waals surface area contributed by atoms with Gasteiger partial charge in [0.2, 0.25) is 0 Å². The molecule has 208 valence electrons. The molecular formula is C27H34N6O6. The fraction of sp³-hybridized carbons (Fsp3) is 0.333. The number of aliphatic hydroxyl groups is 2. The van der Waals surface area contributed by atoms with Crippen LogP contribution in [0, 0.1) is 0 Å². The molecule has 0 amide bonds. The van der Waals surface area contributed by atoms with E-state index >= 15 is 0 Å². The number of hydrogen-bond acceptors (Lipinski definition) is 12. The molecule has 0 aliphatic rings. The van der Waals surface area contributed by atoms with Crippen LogP contribution in [0.15, 0.2) is 75.1 Å². The molecule has 0 saturated carbocycles. The number of benzene rings is 3. The van der Waals surface area contributed by atoms with Crippen molar-refractivity contribution in [3.63, 3.8) is 0 Å². The Balaban J connectivity index is 1.86. The summed E-state index contributed by atoms with van der Waals surface area (Å²) >= 11 is 0. The van der Waals surface area contributed by atoms with Crippen molar-refractivity contribution in [2.24, 2.45) is 20.5 Å². The number of hydrogen-bond donors (Lipinski definition) is 3. The zero-order valence-electron chi connectivity index (χ0n) is 22.5. The lowest BCUT2D eigenvalue weighted by atomic mass is 10.2. The van der Waals surface area contributed by atoms with Gasteiger partial charge in [0.25, 0.3) is 0 Å². The Hall–Kier alpha value is -4.26. The molecule has 0 radical (unpaired) electrons. The quantitative estimate of drug-likeness (QED) is 0.165. The Morgan fingerprint density at radius 3 is 1.95 bits per heavy atom. The van der Waals surface area contributed by atoms with Gasteiger partial charge in [-0.15, -0.1) is 15.3 Å². The molecule has 0 aromatic heterocycles. The lowest BCUT2D eigenvalue weighted by Gasteiger charge is -2.21. The maximum absolute atomic E-state index is 9.24. The van der Waals surface area contributed by atoms with Crippen LogP contribution in [0.4, 0.5) is 34.1 Å². The van der Waals surface area contributed by atoms with Gasteiger partial charge in [0, 0.05) is 37.0 Å². The van der Waals surface area contributed by atoms with E-state index in [1.54, 1.807) is 30.3 Å². The topological polar surface area (TPSA) is 142 Å². The van der Waals surface area contributed by atoms with Crippen LogP contribution in [-0.2, 0) is 4.84 Å². The third kappa shape index (κ3) is 8.11. The van der Waals surface area contributed by atoms with E-state index in [0.29, 0.717) is 52.2 Å². The standard InChI is InChI=1S/C27H34N6O6/c1-5-33(12-13-34)21-9-6-19(7-10-21)28-30-23-17-26(37-3)24(18-25(23)36-2)31-29-22-11-8-20(32-38-4)16-27(22)39-15-14-35/h6-11,16-18,32,34-35H,5,12-15H2,1-4H3/b30-28+,31-29+. The van der Waals surface area contributed by atoms with Crippen molar-refractivity contribution < 1.29 is 29.3 Å². The van der Waals surface area contributed by atoms with Gasteiger partial charge in [-0.1, -0.05) is 0 Å². The molecule has 3 aromatic carbocycles. The summed E-state index contributed by atoms with van der Waals surface area (Å²) in [6.07, 6.45) is 0. The van der Waals surface area contributed by atoms with Crippen LogP contribution in [0.1, 0.15) is 6.92 Å². The van der Waals surface area contributed by atoms with E-state index < -0.39 is 0 Å². The van der Waals surface area contributed by atoms with Gasteiger partial charge in [-0.25, -0.2) is 0 Å². The van der Waals surface area contributed by atoms with E-state index in [-0.39, 0.29) is 19.8 Å². The SMILES string of the molecule is CCN(CCO)c1ccc(/N=N/c2cc(OC)c(/N=N/c3ccc(NOC)cc3OCCO)cc2OC)cc1. The molecule has 0 unspecified atom stereocenters. The monoisotopic (exact) mass is 538 g/mol. The summed E-state index contributed by atoms with van der Waals surface area (Å²) in [5.74, 6) is 1.26. The molecule has 12 nitrogen and oxygen atoms in total. The summed E-state index contributed by atoms with van der Waals surface area (Å²) in [4.78, 5) is 7.00. The summed E-state index contributed by atoms with van der Waals surface area (Å²) in [5.41, 5.74) is 6.34. The van der Waals surface area contributed by atoms with Crippen LogP contribution in [0.25, 0.3) is 0 Å². The first-order valence-electron chi connectivity index (χ1n) is 12.3. The molecule has 0 aliphatic carbocycles. The highest BCUT2D eigenvalue weighted by molar-refractivity contribution is 5.67. The van der Waals surface area contributed by atoms with Crippen molar-refractivity contribution in [3.8, 4) is 17.2 Å². The summed E-state index contributed by atoms with van der Waals surface area (Å²) in [5, 5.41) is 35.7. The highest BCUT2D eigenvalue weighted by Crippen LogP contribution is 2.41. The second kappa shape index (κ2) is 15.2. The summed E-state index contributed by atoms with van der Waals surface area (Å²) in [6.45, 7) is 3.42. The molecule has 0 saturated heterocycles. The zero-order valence-corrected chi connectivity index (χ0v) is 22.5. The third-order valence-corrected chi connectivity index (χ3v) is 5.51. The molecule has 0 atom stereocenters. The number of ether oxygens (including phenoxy) is 3. The first kappa shape index (κ1) is 29.3. The zero-order chi connectivity index (χ0) is 28.0. The number of likely N-dealkylation sites (N-methyl/N-ethyl adjacent to an activating group) is 1. The van der Waals surface area contributed by atoms with E-state index in [9.17, 15) is 5.11 Å². The van der Waals surface area contributed by atoms with Crippen molar-refractivity contribution in [2.75, 3.05) is 64.6 Å². The molecule has 3 rings (SSSR count). The lowest BCUT2D eigenvalue weighted by molar-refractivity contribution is 0.201. The van der Waals surface area contributed by atoms with Crippen LogP contribution >= 0.6 is 0 Å². The molecule has 39 heavy (non-hydrogen) atoms. The van der Waals surface area contributed by atoms with Crippen LogP contribution in [0.5, 0.6) is 17.2 Å². The fourth-order valence-electron chi connectivity index (χ4n) is 3.61. The number of azo groups is 2. The second-order valence-corrected chi connectivity index (χ2v) is 7.98. The van der Waals surface area contributed by atoms with Gasteiger partial charge in [-0.05, 0) is 43.3 Å². The van der Waals surface area contributed by atoms with Crippen LogP contribution in [0.2, 0.25) is 0 Å². The van der Waals surface area contributed by atoms with Crippen molar-refractivity contribution >= 4 is 34.1 Å². The van der Waals surface area contributed by atoms with Gasteiger partial charge >= 0.3 is 0 Å². The first-order chi connectivity index (χ1) is 19.1. The summed E-state index contributed by atoms with van der Waals surface area (Å²) in [6, 6.07) is 16.1. The predicted molar refractivity (Wildman–Crippen MR) is 149 cm³/mol. The normalized spacial score (nSPS) is 11.2. The number of methoxy groups -OCH3 is 2. The van der Waals surface area contributed by atoms with Crippen molar-refractivity contribution in [2.45, 2.75) is 6.92 Å². The van der Waals surface area contributed by atoms with Gasteiger partial charge in [-0.3, -0.25) is 10.3 Å². The van der Waals surface area contributed by atoms with Gasteiger partial charge in [0.05, 0.1) is 45.9 Å². The van der Waals surface area contributed by atoms with E-state index in [1.807, 2.05) is 31.2 Å². The van der Waals surface area contributed by atoms with Gasteiger partial charge in [0.1, 0.15) is 40.9 Å². The molecule has 3 N–H and O–H groups in total. The Kier molecular flexibility index (Phi) is 11.4. The average Bonchev–Trinajstić information content (AvgIpc) is 2.97. The van der Waals surface area contributed by atoms with Gasteiger partial charge in [0.15, 0.2) is 0 Å². The van der Waals surface area contributed by atoms with Crippen LogP contribution in [0.3, 0.4) is 0 Å². The Morgan fingerprint density at radius 1 is 0.744 bits per heavy atom. The Bertz CT molecular complexity index is 1250. The van der Waals surface area contributed by atoms with Crippen molar-refractivity contribution in [1.82, 2.24) is 0 Å². The highest BCUT2D eigenvalue weighted by Gasteiger charge is 2.13. The van der Waals surface area contributed by atoms with Crippen molar-refractivity contribution in [3.05, 3.63) is 54.6 Å². The van der Waals surface area contributed by atoms with E-state index in [4.69, 9.17) is 24.2 Å². The van der Waals surface area contributed by atoms with E-state index in [0.717, 1.165) is 12.2 Å². The first-order valence-corrected chi connectivity index (χ1v) is 12.3. The molecule has 0 bridgehead atoms. The number of nitrogens with one attached hydrogen (secondary N) is 1. The second-order valence-electron chi connectivity index (χ2n) is 7.98. The lowest BCUT2D eigenvalue weighted by Crippen LogP contribution is -2.25. The average molecular weight is 539 g/mol. The van der Waals surface area contributed by atoms with Gasteiger partial charge in [-0.2, -0.15) is 5.11 Å².